The van der Waals surface area contributed by atoms with Crippen LogP contribution in [0.15, 0.2) is 49.1 Å². The van der Waals surface area contributed by atoms with E-state index in [0.717, 1.165) is 31.7 Å². The molecule has 0 saturated carbocycles. The largest absolute Gasteiger partial charge is 0.462 e. The third kappa shape index (κ3) is 30.7. The summed E-state index contributed by atoms with van der Waals surface area (Å²) >= 11 is 1.60. The molecule has 274 valence electrons. The number of carbonyl (C=O) groups is 4. The highest BCUT2D eigenvalue weighted by Gasteiger charge is 2.05. The number of rotatable bonds is 29. The highest BCUT2D eigenvalue weighted by Crippen LogP contribution is 2.20. The Bertz CT molecular complexity index is 933. The zero-order valence-corrected chi connectivity index (χ0v) is 31.7. The fourth-order valence-electron chi connectivity index (χ4n) is 3.28. The average Bonchev–Trinajstić information content (AvgIpc) is 3.04. The van der Waals surface area contributed by atoms with Gasteiger partial charge in [-0.05, 0) is 60.4 Å². The summed E-state index contributed by atoms with van der Waals surface area (Å²) in [5, 5.41) is 0. The Balaban J connectivity index is 4.47. The first-order valence-electron chi connectivity index (χ1n) is 15.5. The molecule has 0 aromatic rings. The van der Waals surface area contributed by atoms with Crippen LogP contribution in [0.2, 0.25) is 0 Å². The number of hydrogen-bond donors (Lipinski definition) is 0. The van der Waals surface area contributed by atoms with Crippen molar-refractivity contribution in [2.24, 2.45) is 0 Å². The number of esters is 4. The van der Waals surface area contributed by atoms with Crippen LogP contribution in [-0.4, -0.2) is 162 Å². The average molecular weight is 735 g/mol. The predicted molar refractivity (Wildman–Crippen MR) is 195 cm³/mol. The Morgan fingerprint density at radius 1 is 0.521 bits per heavy atom. The first kappa shape index (κ1) is 45.4. The minimum Gasteiger partial charge on any atom is -0.462 e. The summed E-state index contributed by atoms with van der Waals surface area (Å²) in [6.45, 7) is 4.17. The molecule has 0 aromatic heterocycles. The van der Waals surface area contributed by atoms with E-state index < -0.39 is 23.9 Å². The van der Waals surface area contributed by atoms with Gasteiger partial charge in [0.1, 0.15) is 26.4 Å². The van der Waals surface area contributed by atoms with E-state index in [-0.39, 0.29) is 19.8 Å². The zero-order chi connectivity index (χ0) is 35.8. The third-order valence-electron chi connectivity index (χ3n) is 5.62. The Kier molecular flexibility index (Phi) is 29.9. The van der Waals surface area contributed by atoms with Crippen molar-refractivity contribution < 1.29 is 42.9 Å². The molecule has 0 saturated heterocycles. The maximum atomic E-state index is 12.2. The van der Waals surface area contributed by atoms with E-state index in [1.807, 2.05) is 34.4 Å². The van der Waals surface area contributed by atoms with Crippen molar-refractivity contribution in [2.45, 2.75) is 12.8 Å². The molecule has 0 spiro atoms. The van der Waals surface area contributed by atoms with Crippen LogP contribution in [0.5, 0.6) is 0 Å². The minimum absolute atomic E-state index is 0.163. The molecule has 16 heteroatoms. The molecular formula is C32H54N4O9S3. The molecule has 48 heavy (non-hydrogen) atoms. The van der Waals surface area contributed by atoms with Crippen molar-refractivity contribution in [1.82, 2.24) is 19.6 Å². The predicted octanol–water partition coefficient (Wildman–Crippen LogP) is 3.11. The molecule has 0 radical (unpaired) electrons. The van der Waals surface area contributed by atoms with Crippen molar-refractivity contribution in [3.8, 4) is 0 Å². The Morgan fingerprint density at radius 3 is 1.21 bits per heavy atom. The van der Waals surface area contributed by atoms with Gasteiger partial charge < -0.3 is 43.3 Å². The lowest BCUT2D eigenvalue weighted by molar-refractivity contribution is -0.139. The lowest BCUT2D eigenvalue weighted by Crippen LogP contribution is -2.20. The maximum Gasteiger partial charge on any atom is 0.332 e. The van der Waals surface area contributed by atoms with Crippen LogP contribution in [-0.2, 0) is 42.9 Å². The summed E-state index contributed by atoms with van der Waals surface area (Å²) in [7, 11) is 12.4. The molecule has 0 fully saturated rings. The van der Waals surface area contributed by atoms with E-state index >= 15 is 0 Å². The molecule has 0 aliphatic rings. The number of ether oxygens (including phenoxy) is 5. The molecule has 0 rings (SSSR count). The number of methoxy groups -OCH3 is 1. The van der Waals surface area contributed by atoms with Gasteiger partial charge in [-0.15, -0.1) is 0 Å². The number of nitrogens with zero attached hydrogens (tertiary/aromatic N) is 4. The van der Waals surface area contributed by atoms with Crippen molar-refractivity contribution in [2.75, 3.05) is 118 Å². The minimum atomic E-state index is -0.496. The van der Waals surface area contributed by atoms with Crippen LogP contribution >= 0.6 is 33.3 Å². The Hall–Kier alpha value is -2.63. The van der Waals surface area contributed by atoms with Crippen molar-refractivity contribution in [3.05, 3.63) is 49.1 Å². The SMILES string of the molecule is COCCOC(=O)/C=C/N(/C=C/C(=O)OCCSSCCOC(=O)/C=C/N(/C=C/C(=O)OCCSC)CCCN(C)C)CCCN(C)C. The smallest absolute Gasteiger partial charge is 0.332 e. The van der Waals surface area contributed by atoms with Gasteiger partial charge in [0.15, 0.2) is 0 Å². The van der Waals surface area contributed by atoms with Crippen LogP contribution in [0.3, 0.4) is 0 Å². The van der Waals surface area contributed by atoms with Gasteiger partial charge in [0, 0.05) is 86.6 Å². The molecule has 13 nitrogen and oxygen atoms in total. The summed E-state index contributed by atoms with van der Waals surface area (Å²) in [4.78, 5) is 55.7. The van der Waals surface area contributed by atoms with Gasteiger partial charge >= 0.3 is 23.9 Å². The normalized spacial score (nSPS) is 11.8. The summed E-state index contributed by atoms with van der Waals surface area (Å²) in [6.07, 6.45) is 15.2. The number of carbonyl (C=O) groups excluding carboxylic acids is 4. The van der Waals surface area contributed by atoms with Crippen molar-refractivity contribution in [1.29, 1.82) is 0 Å². The molecule has 0 aliphatic carbocycles. The standard InChI is InChI=1S/C32H54N4O9S3/c1-33(2)13-7-15-35(17-9-29(37)42-22-21-41-5)19-11-31(39)44-24-27-47-48-28-25-45-32(40)12-20-36(16-8-14-34(3)4)18-10-30(38)43-23-26-46-6/h9-12,17-20H,7-8,13-16,21-28H2,1-6H3/b17-9+,18-10+,19-11+,20-12+. The van der Waals surface area contributed by atoms with Crippen LogP contribution in [0.4, 0.5) is 0 Å². The molecule has 0 amide bonds. The topological polar surface area (TPSA) is 127 Å². The van der Waals surface area contributed by atoms with Crippen LogP contribution in [0, 0.1) is 0 Å². The zero-order valence-electron chi connectivity index (χ0n) is 29.2. The summed E-state index contributed by atoms with van der Waals surface area (Å²) < 4.78 is 25.6. The third-order valence-corrected chi connectivity index (χ3v) is 8.53. The van der Waals surface area contributed by atoms with E-state index in [0.29, 0.717) is 37.8 Å². The highest BCUT2D eigenvalue weighted by molar-refractivity contribution is 8.76. The number of hydrogen-bond acceptors (Lipinski definition) is 16. The Labute approximate surface area is 298 Å². The maximum absolute atomic E-state index is 12.2. The number of thioether (sulfide) groups is 1. The second-order valence-electron chi connectivity index (χ2n) is 10.4. The van der Waals surface area contributed by atoms with Gasteiger partial charge in [-0.1, -0.05) is 21.6 Å². The fourth-order valence-corrected chi connectivity index (χ4v) is 5.18. The van der Waals surface area contributed by atoms with Crippen LogP contribution in [0.1, 0.15) is 12.8 Å². The van der Waals surface area contributed by atoms with Crippen molar-refractivity contribution in [3.63, 3.8) is 0 Å². The second-order valence-corrected chi connectivity index (χ2v) is 14.0. The van der Waals surface area contributed by atoms with Crippen LogP contribution < -0.4 is 0 Å². The lowest BCUT2D eigenvalue weighted by Gasteiger charge is -2.17. The van der Waals surface area contributed by atoms with Crippen molar-refractivity contribution >= 4 is 57.2 Å². The monoisotopic (exact) mass is 734 g/mol. The van der Waals surface area contributed by atoms with E-state index in [1.54, 1.807) is 46.4 Å². The molecular weight excluding hydrogens is 681 g/mol. The highest BCUT2D eigenvalue weighted by atomic mass is 33.1. The van der Waals surface area contributed by atoms with Gasteiger partial charge in [0.05, 0.1) is 6.61 Å². The quantitative estimate of drug-likeness (QED) is 0.0367. The fraction of sp³-hybridized carbons (Fsp3) is 0.625. The lowest BCUT2D eigenvalue weighted by atomic mass is 10.3. The first-order valence-corrected chi connectivity index (χ1v) is 19.4. The molecule has 0 aliphatic heterocycles. The molecule has 0 aromatic carbocycles. The molecule has 0 heterocycles. The van der Waals surface area contributed by atoms with Crippen LogP contribution in [0.25, 0.3) is 0 Å². The summed E-state index contributed by atoms with van der Waals surface area (Å²) in [6, 6.07) is 0. The second kappa shape index (κ2) is 31.6. The van der Waals surface area contributed by atoms with Gasteiger partial charge in [-0.25, -0.2) is 19.2 Å². The summed E-state index contributed by atoms with van der Waals surface area (Å²) in [5.41, 5.74) is 0. The van der Waals surface area contributed by atoms with E-state index in [9.17, 15) is 19.2 Å². The molecule has 0 N–H and O–H groups in total. The van der Waals surface area contributed by atoms with Gasteiger partial charge in [-0.3, -0.25) is 0 Å². The van der Waals surface area contributed by atoms with Gasteiger partial charge in [0.25, 0.3) is 0 Å². The molecule has 0 atom stereocenters. The van der Waals surface area contributed by atoms with Gasteiger partial charge in [-0.2, -0.15) is 11.8 Å². The summed E-state index contributed by atoms with van der Waals surface area (Å²) in [5.74, 6) is -0.0469. The molecule has 0 unspecified atom stereocenters. The Morgan fingerprint density at radius 2 is 0.875 bits per heavy atom. The molecule has 0 bridgehead atoms. The van der Waals surface area contributed by atoms with E-state index in [4.69, 9.17) is 23.7 Å². The first-order chi connectivity index (χ1) is 23.1. The van der Waals surface area contributed by atoms with E-state index in [2.05, 4.69) is 9.80 Å². The van der Waals surface area contributed by atoms with Gasteiger partial charge in [0.2, 0.25) is 0 Å². The van der Waals surface area contributed by atoms with E-state index in [1.165, 1.54) is 53.0 Å².